The molecule has 4 heteroatoms. The molecule has 0 saturated heterocycles. The summed E-state index contributed by atoms with van der Waals surface area (Å²) >= 11 is 0. The van der Waals surface area contributed by atoms with Gasteiger partial charge in [0.15, 0.2) is 0 Å². The lowest BCUT2D eigenvalue weighted by Gasteiger charge is -2.31. The maximum atomic E-state index is 12.6. The van der Waals surface area contributed by atoms with Crippen LogP contribution in [0.15, 0.2) is 18.2 Å². The van der Waals surface area contributed by atoms with E-state index in [0.29, 0.717) is 12.1 Å². The van der Waals surface area contributed by atoms with Gasteiger partial charge in [-0.3, -0.25) is 0 Å². The number of hydrogen-bond donors (Lipinski definition) is 2. The summed E-state index contributed by atoms with van der Waals surface area (Å²) in [7, 11) is 0. The molecule has 0 radical (unpaired) electrons. The third kappa shape index (κ3) is 2.02. The molecule has 0 amide bonds. The lowest BCUT2D eigenvalue weighted by molar-refractivity contribution is 0.0426. The highest BCUT2D eigenvalue weighted by atomic mass is 19.3. The summed E-state index contributed by atoms with van der Waals surface area (Å²) < 4.78 is 25.2. The summed E-state index contributed by atoms with van der Waals surface area (Å²) in [6.45, 7) is 2.04. The first-order valence-electron chi connectivity index (χ1n) is 5.46. The number of aryl methyl sites for hydroxylation is 1. The number of alkyl halides is 2. The normalized spacial score (nSPS) is 24.1. The molecule has 0 aliphatic carbocycles. The smallest absolute Gasteiger partial charge is 0.260 e. The van der Waals surface area contributed by atoms with E-state index >= 15 is 0 Å². The number of fused-ring (bicyclic) bond motifs is 1. The largest absolute Gasteiger partial charge is 0.390 e. The fourth-order valence-electron chi connectivity index (χ4n) is 2.04. The Labute approximate surface area is 93.3 Å². The molecule has 1 aromatic rings. The number of aliphatic hydroxyl groups excluding tert-OH is 1. The number of halogens is 2. The van der Waals surface area contributed by atoms with Gasteiger partial charge in [0.2, 0.25) is 0 Å². The molecule has 0 aromatic heterocycles. The molecule has 2 nitrogen and oxygen atoms in total. The fourth-order valence-corrected chi connectivity index (χ4v) is 2.04. The Morgan fingerprint density at radius 2 is 2.25 bits per heavy atom. The van der Waals surface area contributed by atoms with Crippen LogP contribution in [0.3, 0.4) is 0 Å². The molecule has 1 aromatic carbocycles. The molecule has 0 saturated carbocycles. The van der Waals surface area contributed by atoms with Crippen LogP contribution in [0.2, 0.25) is 0 Å². The van der Waals surface area contributed by atoms with Crippen LogP contribution >= 0.6 is 0 Å². The van der Waals surface area contributed by atoms with E-state index in [1.807, 2.05) is 25.1 Å². The van der Waals surface area contributed by atoms with Crippen molar-refractivity contribution in [3.05, 3.63) is 29.3 Å². The minimum absolute atomic E-state index is 0.297. The second-order valence-corrected chi connectivity index (χ2v) is 4.12. The zero-order valence-corrected chi connectivity index (χ0v) is 9.08. The molecule has 2 unspecified atom stereocenters. The quantitative estimate of drug-likeness (QED) is 0.812. The maximum Gasteiger partial charge on any atom is 0.260 e. The van der Waals surface area contributed by atoms with Crippen LogP contribution in [-0.2, 0) is 12.8 Å². The zero-order valence-electron chi connectivity index (χ0n) is 9.08. The molecule has 0 fully saturated rings. The van der Waals surface area contributed by atoms with Crippen LogP contribution < -0.4 is 5.32 Å². The molecule has 2 rings (SSSR count). The number of hydrogen-bond acceptors (Lipinski definition) is 2. The summed E-state index contributed by atoms with van der Waals surface area (Å²) in [6, 6.07) is 4.55. The van der Waals surface area contributed by atoms with E-state index in [-0.39, 0.29) is 0 Å². The summed E-state index contributed by atoms with van der Waals surface area (Å²) in [5.74, 6) is 0. The minimum Gasteiger partial charge on any atom is -0.390 e. The molecular weight excluding hydrogens is 212 g/mol. The molecule has 2 atom stereocenters. The molecule has 88 valence electrons. The second-order valence-electron chi connectivity index (χ2n) is 4.12. The maximum absolute atomic E-state index is 12.6. The van der Waals surface area contributed by atoms with Crippen molar-refractivity contribution in [2.24, 2.45) is 0 Å². The van der Waals surface area contributed by atoms with Crippen LogP contribution in [0.25, 0.3) is 0 Å². The summed E-state index contributed by atoms with van der Waals surface area (Å²) in [4.78, 5) is 0. The number of benzene rings is 1. The van der Waals surface area contributed by atoms with Crippen molar-refractivity contribution in [2.75, 3.05) is 5.32 Å². The van der Waals surface area contributed by atoms with Gasteiger partial charge in [0.25, 0.3) is 6.43 Å². The van der Waals surface area contributed by atoms with Crippen molar-refractivity contribution >= 4 is 5.69 Å². The lowest BCUT2D eigenvalue weighted by Crippen LogP contribution is -2.44. The monoisotopic (exact) mass is 227 g/mol. The first-order chi connectivity index (χ1) is 7.61. The van der Waals surface area contributed by atoms with Gasteiger partial charge in [0, 0.05) is 12.1 Å². The third-order valence-corrected chi connectivity index (χ3v) is 3.02. The Balaban J connectivity index is 2.27. The molecule has 0 bridgehead atoms. The number of nitrogens with one attached hydrogen (secondary N) is 1. The van der Waals surface area contributed by atoms with Gasteiger partial charge in [0.1, 0.15) is 6.04 Å². The van der Waals surface area contributed by atoms with E-state index in [1.165, 1.54) is 0 Å². The Bertz CT molecular complexity index is 381. The van der Waals surface area contributed by atoms with Crippen molar-refractivity contribution in [3.8, 4) is 0 Å². The molecule has 1 aliphatic rings. The van der Waals surface area contributed by atoms with Crippen molar-refractivity contribution in [3.63, 3.8) is 0 Å². The number of rotatable bonds is 2. The Kier molecular flexibility index (Phi) is 3.10. The highest BCUT2D eigenvalue weighted by molar-refractivity contribution is 5.56. The highest BCUT2D eigenvalue weighted by Gasteiger charge is 2.32. The van der Waals surface area contributed by atoms with Gasteiger partial charge in [0.05, 0.1) is 6.10 Å². The summed E-state index contributed by atoms with van der Waals surface area (Å²) in [6.07, 6.45) is -2.36. The molecule has 16 heavy (non-hydrogen) atoms. The Hall–Kier alpha value is -1.16. The van der Waals surface area contributed by atoms with Gasteiger partial charge in [-0.15, -0.1) is 0 Å². The van der Waals surface area contributed by atoms with Gasteiger partial charge in [-0.2, -0.15) is 0 Å². The minimum atomic E-state index is -2.55. The van der Waals surface area contributed by atoms with Crippen molar-refractivity contribution in [1.82, 2.24) is 0 Å². The number of anilines is 1. The van der Waals surface area contributed by atoms with Gasteiger partial charge >= 0.3 is 0 Å². The zero-order chi connectivity index (χ0) is 11.7. The predicted octanol–water partition coefficient (Wildman–Crippen LogP) is 2.21. The van der Waals surface area contributed by atoms with E-state index in [1.54, 1.807) is 0 Å². The summed E-state index contributed by atoms with van der Waals surface area (Å²) in [5, 5.41) is 12.3. The standard InChI is InChI=1S/C12H15F2NO/c1-2-7-3-4-9-8(5-7)6-10(16)11(15-9)12(13)14/h3-5,10-12,15-16H,2,6H2,1H3. The summed E-state index contributed by atoms with van der Waals surface area (Å²) in [5.41, 5.74) is 2.79. The topological polar surface area (TPSA) is 32.3 Å². The Morgan fingerprint density at radius 1 is 1.50 bits per heavy atom. The highest BCUT2D eigenvalue weighted by Crippen LogP contribution is 2.28. The Morgan fingerprint density at radius 3 is 2.88 bits per heavy atom. The lowest BCUT2D eigenvalue weighted by atomic mass is 9.93. The molecule has 0 spiro atoms. The molecule has 1 heterocycles. The third-order valence-electron chi connectivity index (χ3n) is 3.02. The van der Waals surface area contributed by atoms with Crippen LogP contribution in [-0.4, -0.2) is 23.7 Å². The van der Waals surface area contributed by atoms with E-state index in [0.717, 1.165) is 17.5 Å². The average Bonchev–Trinajstić information content (AvgIpc) is 2.27. The molecular formula is C12H15F2NO. The van der Waals surface area contributed by atoms with Crippen molar-refractivity contribution in [2.45, 2.75) is 38.3 Å². The van der Waals surface area contributed by atoms with Gasteiger partial charge < -0.3 is 10.4 Å². The average molecular weight is 227 g/mol. The van der Waals surface area contributed by atoms with Crippen LogP contribution in [0.1, 0.15) is 18.1 Å². The van der Waals surface area contributed by atoms with Gasteiger partial charge in [-0.1, -0.05) is 19.1 Å². The van der Waals surface area contributed by atoms with E-state index in [2.05, 4.69) is 5.32 Å². The SMILES string of the molecule is CCc1ccc2c(c1)CC(O)C(C(F)F)N2. The van der Waals surface area contributed by atoms with Crippen LogP contribution in [0.5, 0.6) is 0 Å². The first-order valence-corrected chi connectivity index (χ1v) is 5.46. The molecule has 1 aliphatic heterocycles. The van der Waals surface area contributed by atoms with Crippen molar-refractivity contribution < 1.29 is 13.9 Å². The number of aliphatic hydroxyl groups is 1. The van der Waals surface area contributed by atoms with Crippen molar-refractivity contribution in [1.29, 1.82) is 0 Å². The van der Waals surface area contributed by atoms with E-state index in [9.17, 15) is 13.9 Å². The van der Waals surface area contributed by atoms with E-state index < -0.39 is 18.6 Å². The second kappa shape index (κ2) is 4.37. The van der Waals surface area contributed by atoms with E-state index in [4.69, 9.17) is 0 Å². The van der Waals surface area contributed by atoms with Gasteiger partial charge in [-0.25, -0.2) is 8.78 Å². The predicted molar refractivity (Wildman–Crippen MR) is 58.9 cm³/mol. The van der Waals surface area contributed by atoms with Crippen LogP contribution in [0.4, 0.5) is 14.5 Å². The molecule has 2 N–H and O–H groups in total. The van der Waals surface area contributed by atoms with Gasteiger partial charge in [-0.05, 0) is 23.6 Å². The van der Waals surface area contributed by atoms with Crippen LogP contribution in [0, 0.1) is 0 Å². The fraction of sp³-hybridized carbons (Fsp3) is 0.500. The first kappa shape index (κ1) is 11.3.